The van der Waals surface area contributed by atoms with Crippen molar-refractivity contribution < 1.29 is 8.78 Å². The minimum Gasteiger partial charge on any atom is -0.349 e. The van der Waals surface area contributed by atoms with Gasteiger partial charge in [-0.1, -0.05) is 11.6 Å². The van der Waals surface area contributed by atoms with Crippen LogP contribution in [0.3, 0.4) is 0 Å². The molecular weight excluding hydrogens is 303 g/mol. The van der Waals surface area contributed by atoms with Gasteiger partial charge in [0, 0.05) is 19.3 Å². The largest absolute Gasteiger partial charge is 0.349 e. The van der Waals surface area contributed by atoms with E-state index in [1.54, 1.807) is 6.07 Å². The van der Waals surface area contributed by atoms with Crippen molar-refractivity contribution in [2.75, 3.05) is 24.5 Å². The number of halogens is 4. The summed E-state index contributed by atoms with van der Waals surface area (Å²) in [6.07, 6.45) is -1.02. The molecule has 3 nitrogen and oxygen atoms in total. The summed E-state index contributed by atoms with van der Waals surface area (Å²) in [5.41, 5.74) is 5.37. The van der Waals surface area contributed by atoms with Gasteiger partial charge in [-0.3, -0.25) is 0 Å². The second-order valence-corrected chi connectivity index (χ2v) is 4.38. The van der Waals surface area contributed by atoms with E-state index in [0.29, 0.717) is 21.9 Å². The van der Waals surface area contributed by atoms with Crippen LogP contribution in [0.15, 0.2) is 16.7 Å². The first-order valence-corrected chi connectivity index (χ1v) is 5.76. The summed E-state index contributed by atoms with van der Waals surface area (Å²) in [6, 6.07) is 1.61. The zero-order valence-corrected chi connectivity index (χ0v) is 10.7. The van der Waals surface area contributed by atoms with Gasteiger partial charge in [0.05, 0.1) is 16.0 Å². The Labute approximate surface area is 106 Å². The van der Waals surface area contributed by atoms with Gasteiger partial charge in [0.1, 0.15) is 5.82 Å². The van der Waals surface area contributed by atoms with Crippen molar-refractivity contribution in [2.24, 2.45) is 5.73 Å². The minimum atomic E-state index is -2.43. The van der Waals surface area contributed by atoms with Gasteiger partial charge in [0.25, 0.3) is 6.43 Å². The monoisotopic (exact) mass is 313 g/mol. The summed E-state index contributed by atoms with van der Waals surface area (Å²) in [4.78, 5) is 5.43. The van der Waals surface area contributed by atoms with Gasteiger partial charge in [0.2, 0.25) is 0 Å². The summed E-state index contributed by atoms with van der Waals surface area (Å²) in [7, 11) is 0. The number of nitrogens with two attached hydrogens (primary N) is 1. The third-order valence-corrected chi connectivity index (χ3v) is 2.64. The van der Waals surface area contributed by atoms with E-state index < -0.39 is 13.0 Å². The molecule has 0 spiro atoms. The molecule has 1 aromatic heterocycles. The molecule has 0 bridgehead atoms. The average Bonchev–Trinajstić information content (AvgIpc) is 2.16. The quantitative estimate of drug-likeness (QED) is 0.908. The van der Waals surface area contributed by atoms with E-state index in [9.17, 15) is 8.78 Å². The van der Waals surface area contributed by atoms with E-state index in [1.807, 2.05) is 0 Å². The number of pyridine rings is 1. The third kappa shape index (κ3) is 3.84. The Hall–Kier alpha value is -0.460. The molecule has 0 saturated carbocycles. The van der Waals surface area contributed by atoms with Crippen molar-refractivity contribution in [3.8, 4) is 0 Å². The molecule has 2 N–H and O–H groups in total. The molecule has 0 fully saturated rings. The number of nitrogens with zero attached hydrogens (tertiary/aromatic N) is 2. The predicted molar refractivity (Wildman–Crippen MR) is 64.2 cm³/mol. The van der Waals surface area contributed by atoms with Crippen LogP contribution in [0.5, 0.6) is 0 Å². The highest BCUT2D eigenvalue weighted by atomic mass is 79.9. The molecule has 0 unspecified atom stereocenters. The SMILES string of the molecule is NCCN(CC(F)F)c1ncc(Cl)cc1Br. The molecule has 1 heterocycles. The van der Waals surface area contributed by atoms with E-state index in [0.717, 1.165) is 0 Å². The van der Waals surface area contributed by atoms with Crippen LogP contribution in [0.4, 0.5) is 14.6 Å². The lowest BCUT2D eigenvalue weighted by atomic mass is 10.4. The maximum absolute atomic E-state index is 12.4. The van der Waals surface area contributed by atoms with Crippen molar-refractivity contribution in [3.63, 3.8) is 0 Å². The summed E-state index contributed by atoms with van der Waals surface area (Å²) in [5.74, 6) is 0.426. The van der Waals surface area contributed by atoms with Crippen molar-refractivity contribution in [1.82, 2.24) is 4.98 Å². The molecule has 0 saturated heterocycles. The van der Waals surface area contributed by atoms with Gasteiger partial charge in [-0.05, 0) is 22.0 Å². The van der Waals surface area contributed by atoms with Crippen LogP contribution >= 0.6 is 27.5 Å². The third-order valence-electron chi connectivity index (χ3n) is 1.85. The number of rotatable bonds is 5. The van der Waals surface area contributed by atoms with Crippen LogP contribution in [0.25, 0.3) is 0 Å². The second kappa shape index (κ2) is 6.32. The van der Waals surface area contributed by atoms with Crippen LogP contribution in [0.1, 0.15) is 0 Å². The molecule has 7 heteroatoms. The molecule has 16 heavy (non-hydrogen) atoms. The Morgan fingerprint density at radius 1 is 1.56 bits per heavy atom. The van der Waals surface area contributed by atoms with Crippen LogP contribution in [0.2, 0.25) is 5.02 Å². The molecule has 1 aromatic rings. The Balaban J connectivity index is 2.91. The molecule has 1 rings (SSSR count). The summed E-state index contributed by atoms with van der Waals surface area (Å²) in [5, 5.41) is 0.445. The van der Waals surface area contributed by atoms with Gasteiger partial charge >= 0.3 is 0 Å². The predicted octanol–water partition coefficient (Wildman–Crippen LogP) is 2.53. The highest BCUT2D eigenvalue weighted by molar-refractivity contribution is 9.10. The fourth-order valence-corrected chi connectivity index (χ4v) is 2.14. The first kappa shape index (κ1) is 13.6. The van der Waals surface area contributed by atoms with Crippen LogP contribution in [-0.2, 0) is 0 Å². The van der Waals surface area contributed by atoms with Gasteiger partial charge < -0.3 is 10.6 Å². The van der Waals surface area contributed by atoms with E-state index in [1.165, 1.54) is 11.1 Å². The van der Waals surface area contributed by atoms with Gasteiger partial charge in [-0.25, -0.2) is 13.8 Å². The van der Waals surface area contributed by atoms with E-state index >= 15 is 0 Å². The molecule has 0 atom stereocenters. The van der Waals surface area contributed by atoms with Gasteiger partial charge in [-0.2, -0.15) is 0 Å². The molecule has 0 aromatic carbocycles. The first-order chi connectivity index (χ1) is 7.54. The molecule has 0 aliphatic heterocycles. The van der Waals surface area contributed by atoms with Crippen LogP contribution in [0, 0.1) is 0 Å². The average molecular weight is 315 g/mol. The zero-order chi connectivity index (χ0) is 12.1. The smallest absolute Gasteiger partial charge is 0.255 e. The van der Waals surface area contributed by atoms with Crippen molar-refractivity contribution in [3.05, 3.63) is 21.8 Å². The molecule has 0 radical (unpaired) electrons. The van der Waals surface area contributed by atoms with E-state index in [-0.39, 0.29) is 6.54 Å². The van der Waals surface area contributed by atoms with Crippen LogP contribution < -0.4 is 10.6 Å². The molecular formula is C9H11BrClF2N3. The Morgan fingerprint density at radius 3 is 2.75 bits per heavy atom. The Morgan fingerprint density at radius 2 is 2.25 bits per heavy atom. The lowest BCUT2D eigenvalue weighted by Crippen LogP contribution is -2.34. The second-order valence-electron chi connectivity index (χ2n) is 3.08. The molecule has 0 aliphatic rings. The maximum atomic E-state index is 12.4. The Kier molecular flexibility index (Phi) is 5.37. The normalized spacial score (nSPS) is 10.9. The van der Waals surface area contributed by atoms with Gasteiger partial charge in [-0.15, -0.1) is 0 Å². The number of alkyl halides is 2. The van der Waals surface area contributed by atoms with Crippen LogP contribution in [-0.4, -0.2) is 31.0 Å². The first-order valence-electron chi connectivity index (χ1n) is 4.58. The van der Waals surface area contributed by atoms with E-state index in [4.69, 9.17) is 17.3 Å². The lowest BCUT2D eigenvalue weighted by molar-refractivity contribution is 0.154. The fourth-order valence-electron chi connectivity index (χ4n) is 1.25. The standard InChI is InChI=1S/C9H11BrClF2N3/c10-7-3-6(11)4-15-9(7)16(2-1-14)5-8(12)13/h3-4,8H,1-2,5,14H2. The zero-order valence-electron chi connectivity index (χ0n) is 8.34. The lowest BCUT2D eigenvalue weighted by Gasteiger charge is -2.23. The number of hydrogen-bond donors (Lipinski definition) is 1. The Bertz CT molecular complexity index is 352. The fraction of sp³-hybridized carbons (Fsp3) is 0.444. The molecule has 0 amide bonds. The maximum Gasteiger partial charge on any atom is 0.255 e. The minimum absolute atomic E-state index is 0.281. The highest BCUT2D eigenvalue weighted by Crippen LogP contribution is 2.26. The number of anilines is 1. The number of aromatic nitrogens is 1. The topological polar surface area (TPSA) is 42.1 Å². The summed E-state index contributed by atoms with van der Waals surface area (Å²) < 4.78 is 25.3. The highest BCUT2D eigenvalue weighted by Gasteiger charge is 2.16. The molecule has 90 valence electrons. The number of hydrogen-bond acceptors (Lipinski definition) is 3. The molecule has 0 aliphatic carbocycles. The van der Waals surface area contributed by atoms with E-state index in [2.05, 4.69) is 20.9 Å². The van der Waals surface area contributed by atoms with Gasteiger partial charge in [0.15, 0.2) is 0 Å². The summed E-state index contributed by atoms with van der Waals surface area (Å²) >= 11 is 8.95. The van der Waals surface area contributed by atoms with Crippen molar-refractivity contribution >= 4 is 33.3 Å². The van der Waals surface area contributed by atoms with Crippen molar-refractivity contribution in [2.45, 2.75) is 6.43 Å². The summed E-state index contributed by atoms with van der Waals surface area (Å²) in [6.45, 7) is 0.200. The van der Waals surface area contributed by atoms with Crippen molar-refractivity contribution in [1.29, 1.82) is 0 Å².